The highest BCUT2D eigenvalue weighted by molar-refractivity contribution is 5.97. The van der Waals surface area contributed by atoms with E-state index in [1.807, 2.05) is 42.7 Å². The van der Waals surface area contributed by atoms with E-state index >= 15 is 0 Å². The topological polar surface area (TPSA) is 62.3 Å². The molecule has 0 radical (unpaired) electrons. The van der Waals surface area contributed by atoms with Gasteiger partial charge in [-0.15, -0.1) is 0 Å². The lowest BCUT2D eigenvalue weighted by molar-refractivity contribution is -0.200. The summed E-state index contributed by atoms with van der Waals surface area (Å²) in [4.78, 5) is 31.1. The Kier molecular flexibility index (Phi) is 7.68. The fraction of sp³-hybridized carbons (Fsp3) is 0.667. The van der Waals surface area contributed by atoms with Gasteiger partial charge in [0.05, 0.1) is 24.2 Å². The summed E-state index contributed by atoms with van der Waals surface area (Å²) < 4.78 is 66.6. The van der Waals surface area contributed by atoms with Gasteiger partial charge in [-0.1, -0.05) is 24.6 Å². The number of carbonyl (C=O) groups excluding carboxylic acids is 2. The van der Waals surface area contributed by atoms with Gasteiger partial charge in [0.15, 0.2) is 0 Å². The number of ether oxygens (including phenoxy) is 2. The lowest BCUT2D eigenvalue weighted by atomic mass is 9.77. The summed E-state index contributed by atoms with van der Waals surface area (Å²) in [5.74, 6) is -0.846. The van der Waals surface area contributed by atoms with Crippen molar-refractivity contribution in [2.75, 3.05) is 45.9 Å². The van der Waals surface area contributed by atoms with Crippen LogP contribution in [0.4, 0.5) is 22.4 Å². The molecule has 11 heteroatoms. The predicted octanol–water partition coefficient (Wildman–Crippen LogP) is 5.02. The van der Waals surface area contributed by atoms with Gasteiger partial charge in [0.2, 0.25) is 0 Å². The molecular formula is C30H39F4N3O4. The molecule has 0 aromatic carbocycles. The van der Waals surface area contributed by atoms with Gasteiger partial charge >= 0.3 is 12.3 Å². The molecule has 5 aliphatic rings. The molecule has 2 amide bonds. The molecule has 0 aromatic heterocycles. The second-order valence-corrected chi connectivity index (χ2v) is 13.2. The zero-order valence-electron chi connectivity index (χ0n) is 24.3. The summed E-state index contributed by atoms with van der Waals surface area (Å²) >= 11 is 0. The van der Waals surface area contributed by atoms with Crippen molar-refractivity contribution in [2.45, 2.75) is 65.0 Å². The molecule has 226 valence electrons. The Morgan fingerprint density at radius 3 is 2.51 bits per heavy atom. The van der Waals surface area contributed by atoms with Crippen LogP contribution in [0, 0.1) is 17.3 Å². The van der Waals surface area contributed by atoms with Gasteiger partial charge in [-0.2, -0.15) is 13.2 Å². The van der Waals surface area contributed by atoms with Crippen LogP contribution in [0.5, 0.6) is 0 Å². The van der Waals surface area contributed by atoms with Gasteiger partial charge in [-0.05, 0) is 57.8 Å². The van der Waals surface area contributed by atoms with Crippen LogP contribution in [0.15, 0.2) is 46.9 Å². The number of hydrogen-bond donors (Lipinski definition) is 0. The first-order chi connectivity index (χ1) is 19.0. The molecule has 41 heavy (non-hydrogen) atoms. The molecule has 0 spiro atoms. The summed E-state index contributed by atoms with van der Waals surface area (Å²) in [6.07, 6.45) is 0.245. The molecule has 7 nitrogen and oxygen atoms in total. The third kappa shape index (κ3) is 5.98. The molecule has 4 atom stereocenters. The molecule has 0 bridgehead atoms. The first-order valence-corrected chi connectivity index (χ1v) is 14.2. The fourth-order valence-electron chi connectivity index (χ4n) is 6.49. The summed E-state index contributed by atoms with van der Waals surface area (Å²) in [5.41, 5.74) is -0.586. The van der Waals surface area contributed by atoms with E-state index in [0.717, 1.165) is 18.1 Å². The maximum atomic E-state index is 14.2. The smallest absolute Gasteiger partial charge is 0.410 e. The number of halogens is 4. The summed E-state index contributed by atoms with van der Waals surface area (Å²) in [7, 11) is 0. The minimum Gasteiger partial charge on any atom is -0.444 e. The molecule has 3 fully saturated rings. The molecule has 3 aliphatic heterocycles. The second-order valence-electron chi connectivity index (χ2n) is 13.2. The molecular weight excluding hydrogens is 542 g/mol. The second kappa shape index (κ2) is 10.6. The number of morpholine rings is 1. The van der Waals surface area contributed by atoms with Crippen molar-refractivity contribution in [1.82, 2.24) is 14.7 Å². The third-order valence-electron chi connectivity index (χ3n) is 8.83. The van der Waals surface area contributed by atoms with Gasteiger partial charge in [0, 0.05) is 50.8 Å². The van der Waals surface area contributed by atoms with Crippen molar-refractivity contribution in [3.8, 4) is 0 Å². The average Bonchev–Trinajstić information content (AvgIpc) is 3.13. The monoisotopic (exact) mass is 581 g/mol. The standard InChI is InChI=1S/C30H39F4N3O4/c1-18-22(25-17-35(8-9-40-25)13-19-10-20(31)12-29(5,11-19)30(32,33)34)6-7-23-24(18)16-37(26(23)38)21-14-36(15-21)27(39)41-28(2,3)4/h6-7,10,12,18,21,24-25H,8-9,11,13-17H2,1-5H3/t18?,24?,25-,29?/m1/s1. The zero-order valence-corrected chi connectivity index (χ0v) is 24.3. The Morgan fingerprint density at radius 2 is 1.85 bits per heavy atom. The molecule has 3 heterocycles. The number of nitrogens with zero attached hydrogens (tertiary/aromatic N) is 3. The molecule has 0 aromatic rings. The highest BCUT2D eigenvalue weighted by Crippen LogP contribution is 2.47. The van der Waals surface area contributed by atoms with Crippen molar-refractivity contribution in [2.24, 2.45) is 17.3 Å². The van der Waals surface area contributed by atoms with Gasteiger partial charge in [-0.3, -0.25) is 9.69 Å². The summed E-state index contributed by atoms with van der Waals surface area (Å²) in [5, 5.41) is 0. The lowest BCUT2D eigenvalue weighted by Crippen LogP contribution is -2.62. The van der Waals surface area contributed by atoms with Crippen LogP contribution >= 0.6 is 0 Å². The first kappa shape index (κ1) is 29.8. The van der Waals surface area contributed by atoms with Crippen molar-refractivity contribution < 1.29 is 36.6 Å². The number of likely N-dealkylation sites (tertiary alicyclic amines) is 2. The highest BCUT2D eigenvalue weighted by atomic mass is 19.4. The SMILES string of the molecule is CC1C([C@H]2CN(CC3=CC(F)=CC(C)(C(F)(F)F)C3)CCO2)=CC=C2C(=O)N(C3CN(C(=O)OC(C)(C)C)C3)CC21. The quantitative estimate of drug-likeness (QED) is 0.437. The number of carbonyl (C=O) groups is 2. The Morgan fingerprint density at radius 1 is 1.15 bits per heavy atom. The minimum atomic E-state index is -4.54. The van der Waals surface area contributed by atoms with E-state index in [4.69, 9.17) is 9.47 Å². The van der Waals surface area contributed by atoms with Gasteiger partial charge in [0.1, 0.15) is 11.4 Å². The lowest BCUT2D eigenvalue weighted by Gasteiger charge is -2.44. The molecule has 3 unspecified atom stereocenters. The zero-order chi connectivity index (χ0) is 29.9. The molecule has 3 saturated heterocycles. The number of alkyl halides is 3. The van der Waals surface area contributed by atoms with E-state index in [1.54, 1.807) is 4.90 Å². The Balaban J connectivity index is 1.19. The van der Waals surface area contributed by atoms with Crippen LogP contribution in [0.2, 0.25) is 0 Å². The van der Waals surface area contributed by atoms with Gasteiger partial charge in [0.25, 0.3) is 5.91 Å². The maximum Gasteiger partial charge on any atom is 0.410 e. The Bertz CT molecular complexity index is 1210. The fourth-order valence-corrected chi connectivity index (χ4v) is 6.49. The molecule has 5 rings (SSSR count). The average molecular weight is 582 g/mol. The number of allylic oxidation sites excluding steroid dienone is 5. The van der Waals surface area contributed by atoms with Crippen molar-refractivity contribution in [1.29, 1.82) is 0 Å². The van der Waals surface area contributed by atoms with Crippen molar-refractivity contribution in [3.05, 3.63) is 46.9 Å². The Labute approximate surface area is 238 Å². The number of rotatable bonds is 4. The number of amides is 2. The van der Waals surface area contributed by atoms with Crippen LogP contribution < -0.4 is 0 Å². The molecule has 0 saturated carbocycles. The van der Waals surface area contributed by atoms with Crippen LogP contribution in [0.1, 0.15) is 41.0 Å². The summed E-state index contributed by atoms with van der Waals surface area (Å²) in [6.45, 7) is 11.7. The van der Waals surface area contributed by atoms with Gasteiger partial charge in [-0.25, -0.2) is 9.18 Å². The normalized spacial score (nSPS) is 31.6. The van der Waals surface area contributed by atoms with Crippen molar-refractivity contribution >= 4 is 12.0 Å². The predicted molar refractivity (Wildman–Crippen MR) is 144 cm³/mol. The van der Waals surface area contributed by atoms with E-state index in [-0.39, 0.29) is 48.9 Å². The van der Waals surface area contributed by atoms with Crippen LogP contribution in [0.25, 0.3) is 0 Å². The minimum absolute atomic E-state index is 0.00941. The van der Waals surface area contributed by atoms with Gasteiger partial charge < -0.3 is 19.3 Å². The van der Waals surface area contributed by atoms with E-state index < -0.39 is 23.0 Å². The number of hydrogen-bond acceptors (Lipinski definition) is 5. The first-order valence-electron chi connectivity index (χ1n) is 14.2. The third-order valence-corrected chi connectivity index (χ3v) is 8.83. The van der Waals surface area contributed by atoms with E-state index in [9.17, 15) is 27.2 Å². The summed E-state index contributed by atoms with van der Waals surface area (Å²) in [6, 6.07) is -0.0563. The van der Waals surface area contributed by atoms with Crippen LogP contribution in [0.3, 0.4) is 0 Å². The van der Waals surface area contributed by atoms with E-state index in [2.05, 4.69) is 6.92 Å². The number of fused-ring (bicyclic) bond motifs is 1. The van der Waals surface area contributed by atoms with Crippen LogP contribution in [-0.2, 0) is 14.3 Å². The van der Waals surface area contributed by atoms with E-state index in [0.29, 0.717) is 51.0 Å². The highest BCUT2D eigenvalue weighted by Gasteiger charge is 2.51. The van der Waals surface area contributed by atoms with Crippen LogP contribution in [-0.4, -0.2) is 96.5 Å². The molecule has 2 aliphatic carbocycles. The van der Waals surface area contributed by atoms with Crippen molar-refractivity contribution in [3.63, 3.8) is 0 Å². The largest absolute Gasteiger partial charge is 0.444 e. The maximum absolute atomic E-state index is 14.2. The van der Waals surface area contributed by atoms with E-state index in [1.165, 1.54) is 6.08 Å². The Hall–Kier alpha value is -2.66. The molecule has 0 N–H and O–H groups in total.